The minimum atomic E-state index is -0.285. The van der Waals surface area contributed by atoms with E-state index < -0.39 is 0 Å². The quantitative estimate of drug-likeness (QED) is 0.690. The van der Waals surface area contributed by atoms with E-state index in [-0.39, 0.29) is 17.4 Å². The highest BCUT2D eigenvalue weighted by Gasteiger charge is 2.11. The van der Waals surface area contributed by atoms with E-state index in [4.69, 9.17) is 0 Å². The van der Waals surface area contributed by atoms with Crippen molar-refractivity contribution in [3.63, 3.8) is 0 Å². The van der Waals surface area contributed by atoms with Gasteiger partial charge < -0.3 is 10.6 Å². The summed E-state index contributed by atoms with van der Waals surface area (Å²) in [5, 5.41) is 6.05. The number of anilines is 2. The summed E-state index contributed by atoms with van der Waals surface area (Å²) < 4.78 is 12.9. The van der Waals surface area contributed by atoms with Crippen molar-refractivity contribution in [3.8, 4) is 0 Å². The molecule has 0 atom stereocenters. The summed E-state index contributed by atoms with van der Waals surface area (Å²) in [7, 11) is 0. The molecule has 0 saturated heterocycles. The molecule has 0 bridgehead atoms. The lowest BCUT2D eigenvalue weighted by atomic mass is 10.1. The average Bonchev–Trinajstić information content (AvgIpc) is 2.67. The molecule has 0 unspecified atom stereocenters. The van der Waals surface area contributed by atoms with Crippen LogP contribution >= 0.6 is 0 Å². The zero-order valence-electron chi connectivity index (χ0n) is 15.3. The fraction of sp³-hybridized carbons (Fsp3) is 0.190. The minimum absolute atomic E-state index is 0.248. The SMILES string of the molecule is Cc1cccc(NC(=O)c2cc(NCCc3ccc(F)cc3)ncn2)c1C. The van der Waals surface area contributed by atoms with Crippen LogP contribution in [0.15, 0.2) is 54.9 Å². The number of aryl methyl sites for hydroxylation is 1. The summed E-state index contributed by atoms with van der Waals surface area (Å²) >= 11 is 0. The van der Waals surface area contributed by atoms with E-state index in [2.05, 4.69) is 20.6 Å². The third kappa shape index (κ3) is 4.88. The standard InChI is InChI=1S/C21H21FN4O/c1-14-4-3-5-18(15(14)2)26-21(27)19-12-20(25-13-24-19)23-11-10-16-6-8-17(22)9-7-16/h3-9,12-13H,10-11H2,1-2H3,(H,26,27)(H,23,24,25). The summed E-state index contributed by atoms with van der Waals surface area (Å²) in [4.78, 5) is 20.7. The second kappa shape index (κ2) is 8.40. The summed E-state index contributed by atoms with van der Waals surface area (Å²) in [6, 6.07) is 13.8. The number of rotatable bonds is 6. The van der Waals surface area contributed by atoms with Crippen LogP contribution in [0.4, 0.5) is 15.9 Å². The summed E-state index contributed by atoms with van der Waals surface area (Å²) in [5.74, 6) is 0.0351. The van der Waals surface area contributed by atoms with E-state index in [9.17, 15) is 9.18 Å². The number of nitrogens with zero attached hydrogens (tertiary/aromatic N) is 2. The molecule has 3 rings (SSSR count). The third-order valence-electron chi connectivity index (χ3n) is 4.39. The number of carbonyl (C=O) groups is 1. The molecule has 6 heteroatoms. The summed E-state index contributed by atoms with van der Waals surface area (Å²) in [5.41, 5.74) is 4.21. The van der Waals surface area contributed by atoms with Crippen LogP contribution in [0.5, 0.6) is 0 Å². The normalized spacial score (nSPS) is 10.5. The Labute approximate surface area is 157 Å². The van der Waals surface area contributed by atoms with Gasteiger partial charge in [-0.2, -0.15) is 0 Å². The zero-order valence-corrected chi connectivity index (χ0v) is 15.3. The van der Waals surface area contributed by atoms with Gasteiger partial charge in [0, 0.05) is 18.3 Å². The van der Waals surface area contributed by atoms with Crippen LogP contribution in [0.3, 0.4) is 0 Å². The van der Waals surface area contributed by atoms with Crippen molar-refractivity contribution >= 4 is 17.4 Å². The predicted molar refractivity (Wildman–Crippen MR) is 104 cm³/mol. The van der Waals surface area contributed by atoms with Crippen molar-refractivity contribution in [2.75, 3.05) is 17.2 Å². The first-order valence-electron chi connectivity index (χ1n) is 8.71. The molecule has 5 nitrogen and oxygen atoms in total. The fourth-order valence-electron chi connectivity index (χ4n) is 2.64. The number of halogens is 1. The van der Waals surface area contributed by atoms with E-state index in [1.165, 1.54) is 18.5 Å². The highest BCUT2D eigenvalue weighted by atomic mass is 19.1. The predicted octanol–water partition coefficient (Wildman–Crippen LogP) is 4.14. The van der Waals surface area contributed by atoms with Crippen LogP contribution < -0.4 is 10.6 Å². The molecule has 2 aromatic carbocycles. The lowest BCUT2D eigenvalue weighted by Crippen LogP contribution is -2.16. The van der Waals surface area contributed by atoms with Gasteiger partial charge >= 0.3 is 0 Å². The van der Waals surface area contributed by atoms with Gasteiger partial charge in [0.1, 0.15) is 23.7 Å². The van der Waals surface area contributed by atoms with E-state index in [0.717, 1.165) is 22.4 Å². The monoisotopic (exact) mass is 364 g/mol. The Morgan fingerprint density at radius 2 is 1.85 bits per heavy atom. The van der Waals surface area contributed by atoms with Crippen LogP contribution in [0.2, 0.25) is 0 Å². The molecule has 27 heavy (non-hydrogen) atoms. The summed E-state index contributed by atoms with van der Waals surface area (Å²) in [6.07, 6.45) is 2.08. The number of amides is 1. The molecular formula is C21H21FN4O. The number of carbonyl (C=O) groups excluding carboxylic acids is 1. The molecule has 3 aromatic rings. The number of benzene rings is 2. The highest BCUT2D eigenvalue weighted by Crippen LogP contribution is 2.19. The molecule has 0 aliphatic rings. The molecular weight excluding hydrogens is 343 g/mol. The maximum absolute atomic E-state index is 12.9. The molecule has 1 heterocycles. The van der Waals surface area contributed by atoms with Gasteiger partial charge in [-0.3, -0.25) is 4.79 Å². The molecule has 0 spiro atoms. The number of hydrogen-bond donors (Lipinski definition) is 2. The minimum Gasteiger partial charge on any atom is -0.370 e. The molecule has 2 N–H and O–H groups in total. The van der Waals surface area contributed by atoms with E-state index >= 15 is 0 Å². The maximum atomic E-state index is 12.9. The van der Waals surface area contributed by atoms with Crippen LogP contribution in [0.25, 0.3) is 0 Å². The van der Waals surface area contributed by atoms with E-state index in [1.54, 1.807) is 18.2 Å². The maximum Gasteiger partial charge on any atom is 0.274 e. The van der Waals surface area contributed by atoms with Gasteiger partial charge in [0.2, 0.25) is 0 Å². The van der Waals surface area contributed by atoms with Gasteiger partial charge in [-0.1, -0.05) is 24.3 Å². The van der Waals surface area contributed by atoms with Gasteiger partial charge in [-0.15, -0.1) is 0 Å². The zero-order chi connectivity index (χ0) is 19.2. The Morgan fingerprint density at radius 3 is 2.63 bits per heavy atom. The average molecular weight is 364 g/mol. The van der Waals surface area contributed by atoms with Crippen molar-refractivity contribution in [1.82, 2.24) is 9.97 Å². The van der Waals surface area contributed by atoms with Crippen molar-refractivity contribution in [3.05, 3.63) is 83.1 Å². The lowest BCUT2D eigenvalue weighted by molar-refractivity contribution is 0.102. The number of hydrogen-bond acceptors (Lipinski definition) is 4. The van der Waals surface area contributed by atoms with E-state index in [1.807, 2.05) is 32.0 Å². The van der Waals surface area contributed by atoms with Crippen LogP contribution in [-0.4, -0.2) is 22.4 Å². The van der Waals surface area contributed by atoms with Crippen molar-refractivity contribution in [2.24, 2.45) is 0 Å². The molecule has 1 aromatic heterocycles. The highest BCUT2D eigenvalue weighted by molar-refractivity contribution is 6.03. The van der Waals surface area contributed by atoms with Gasteiger partial charge in [0.25, 0.3) is 5.91 Å². The van der Waals surface area contributed by atoms with Crippen LogP contribution in [0, 0.1) is 19.7 Å². The number of aromatic nitrogens is 2. The molecule has 138 valence electrons. The lowest BCUT2D eigenvalue weighted by Gasteiger charge is -2.11. The fourth-order valence-corrected chi connectivity index (χ4v) is 2.64. The van der Waals surface area contributed by atoms with Crippen molar-refractivity contribution in [1.29, 1.82) is 0 Å². The van der Waals surface area contributed by atoms with Crippen LogP contribution in [0.1, 0.15) is 27.2 Å². The Morgan fingerprint density at radius 1 is 1.07 bits per heavy atom. The smallest absolute Gasteiger partial charge is 0.274 e. The van der Waals surface area contributed by atoms with Crippen molar-refractivity contribution in [2.45, 2.75) is 20.3 Å². The third-order valence-corrected chi connectivity index (χ3v) is 4.39. The van der Waals surface area contributed by atoms with Crippen LogP contribution in [-0.2, 0) is 6.42 Å². The molecule has 1 amide bonds. The Bertz CT molecular complexity index is 941. The molecule has 0 aliphatic carbocycles. The second-order valence-electron chi connectivity index (χ2n) is 6.29. The molecule has 0 aliphatic heterocycles. The van der Waals surface area contributed by atoms with Gasteiger partial charge in [-0.25, -0.2) is 14.4 Å². The summed E-state index contributed by atoms with van der Waals surface area (Å²) in [6.45, 7) is 4.58. The first kappa shape index (κ1) is 18.5. The van der Waals surface area contributed by atoms with E-state index in [0.29, 0.717) is 18.8 Å². The largest absolute Gasteiger partial charge is 0.370 e. The Hall–Kier alpha value is -3.28. The van der Waals surface area contributed by atoms with Gasteiger partial charge in [0.15, 0.2) is 0 Å². The first-order chi connectivity index (χ1) is 13.0. The second-order valence-corrected chi connectivity index (χ2v) is 6.29. The Balaban J connectivity index is 1.61. The van der Waals surface area contributed by atoms with Crippen molar-refractivity contribution < 1.29 is 9.18 Å². The van der Waals surface area contributed by atoms with Gasteiger partial charge in [0.05, 0.1) is 0 Å². The first-order valence-corrected chi connectivity index (χ1v) is 8.71. The molecule has 0 fully saturated rings. The topological polar surface area (TPSA) is 66.9 Å². The molecule has 0 saturated carbocycles. The molecule has 0 radical (unpaired) electrons. The number of nitrogens with one attached hydrogen (secondary N) is 2. The Kier molecular flexibility index (Phi) is 5.76. The van der Waals surface area contributed by atoms with Gasteiger partial charge in [-0.05, 0) is 55.2 Å².